The molecule has 2 atom stereocenters. The van der Waals surface area contributed by atoms with E-state index in [-0.39, 0.29) is 50.2 Å². The number of nitrogens with one attached hydrogen (secondary N) is 1. The SMILES string of the molecule is CC(C)c1c(C(=O)Nc2ccc(COC(=O)Cc3ccccc3)cc2)c(-c2ccccc2)c(-c2ccc(F)cc2)n1CC[C@@H](O)C[C@@H](O)CC(=O)O. The number of anilines is 1. The molecule has 4 aromatic carbocycles. The highest BCUT2D eigenvalue weighted by Crippen LogP contribution is 2.42. The second kappa shape index (κ2) is 17.6. The number of carbonyl (C=O) groups is 3. The van der Waals surface area contributed by atoms with Gasteiger partial charge >= 0.3 is 11.9 Å². The first-order chi connectivity index (χ1) is 25.0. The van der Waals surface area contributed by atoms with Crippen LogP contribution in [0.4, 0.5) is 10.1 Å². The van der Waals surface area contributed by atoms with Crippen LogP contribution in [0.2, 0.25) is 0 Å². The van der Waals surface area contributed by atoms with Crippen molar-refractivity contribution in [2.24, 2.45) is 0 Å². The van der Waals surface area contributed by atoms with Crippen LogP contribution in [0.1, 0.15) is 66.2 Å². The van der Waals surface area contributed by atoms with Gasteiger partial charge in [0.25, 0.3) is 5.91 Å². The minimum absolute atomic E-state index is 0.0820. The zero-order valence-corrected chi connectivity index (χ0v) is 29.2. The quantitative estimate of drug-likeness (QED) is 0.0776. The lowest BCUT2D eigenvalue weighted by atomic mass is 9.94. The van der Waals surface area contributed by atoms with E-state index in [9.17, 15) is 29.0 Å². The molecule has 1 heterocycles. The van der Waals surface area contributed by atoms with Gasteiger partial charge in [-0.1, -0.05) is 86.6 Å². The fourth-order valence-corrected chi connectivity index (χ4v) is 6.34. The van der Waals surface area contributed by atoms with Gasteiger partial charge < -0.3 is 29.9 Å². The maximum Gasteiger partial charge on any atom is 0.310 e. The molecular weight excluding hydrogens is 663 g/mol. The van der Waals surface area contributed by atoms with Gasteiger partial charge in [0.1, 0.15) is 12.4 Å². The van der Waals surface area contributed by atoms with E-state index in [1.165, 1.54) is 12.1 Å². The summed E-state index contributed by atoms with van der Waals surface area (Å²) in [6.07, 6.45) is -2.52. The number of nitrogens with zero attached hydrogens (tertiary/aromatic N) is 1. The maximum atomic E-state index is 14.5. The molecule has 0 aliphatic carbocycles. The summed E-state index contributed by atoms with van der Waals surface area (Å²) in [6.45, 7) is 4.24. The zero-order valence-electron chi connectivity index (χ0n) is 29.2. The van der Waals surface area contributed by atoms with Crippen LogP contribution < -0.4 is 5.32 Å². The van der Waals surface area contributed by atoms with Crippen molar-refractivity contribution in [1.29, 1.82) is 0 Å². The van der Waals surface area contributed by atoms with Gasteiger partial charge in [0.05, 0.1) is 36.3 Å². The van der Waals surface area contributed by atoms with Crippen molar-refractivity contribution < 1.29 is 38.8 Å². The number of carboxylic acid groups (broad SMARTS) is 1. The largest absolute Gasteiger partial charge is 0.481 e. The Morgan fingerprint density at radius 3 is 2.04 bits per heavy atom. The molecule has 4 N–H and O–H groups in total. The summed E-state index contributed by atoms with van der Waals surface area (Å²) in [4.78, 5) is 37.9. The molecular formula is C42H43FN2O7. The number of esters is 1. The molecule has 0 bridgehead atoms. The average Bonchev–Trinajstić information content (AvgIpc) is 3.47. The van der Waals surface area contributed by atoms with E-state index in [4.69, 9.17) is 9.84 Å². The van der Waals surface area contributed by atoms with E-state index in [1.807, 2.05) is 79.1 Å². The monoisotopic (exact) mass is 706 g/mol. The van der Waals surface area contributed by atoms with Crippen molar-refractivity contribution in [3.05, 3.63) is 137 Å². The smallest absolute Gasteiger partial charge is 0.310 e. The molecule has 0 saturated carbocycles. The van der Waals surface area contributed by atoms with Gasteiger partial charge in [0.2, 0.25) is 0 Å². The van der Waals surface area contributed by atoms with E-state index in [2.05, 4.69) is 5.32 Å². The van der Waals surface area contributed by atoms with Crippen LogP contribution in [0, 0.1) is 5.82 Å². The topological polar surface area (TPSA) is 138 Å². The van der Waals surface area contributed by atoms with Crippen molar-refractivity contribution in [2.45, 2.75) is 70.8 Å². The predicted molar refractivity (Wildman–Crippen MR) is 197 cm³/mol. The number of carbonyl (C=O) groups excluding carboxylic acids is 2. The number of hydrogen-bond donors (Lipinski definition) is 4. The fourth-order valence-electron chi connectivity index (χ4n) is 6.34. The van der Waals surface area contributed by atoms with Crippen LogP contribution in [-0.2, 0) is 33.9 Å². The molecule has 10 heteroatoms. The van der Waals surface area contributed by atoms with E-state index < -0.39 is 30.4 Å². The third kappa shape index (κ3) is 9.80. The predicted octanol–water partition coefficient (Wildman–Crippen LogP) is 7.60. The molecule has 0 radical (unpaired) electrons. The number of benzene rings is 4. The second-order valence-electron chi connectivity index (χ2n) is 13.1. The lowest BCUT2D eigenvalue weighted by Gasteiger charge is -2.20. The molecule has 0 fully saturated rings. The van der Waals surface area contributed by atoms with Gasteiger partial charge in [0, 0.05) is 23.5 Å². The summed E-state index contributed by atoms with van der Waals surface area (Å²) < 4.78 is 21.6. The minimum atomic E-state index is -1.22. The molecule has 1 amide bonds. The summed E-state index contributed by atoms with van der Waals surface area (Å²) in [7, 11) is 0. The van der Waals surface area contributed by atoms with Crippen molar-refractivity contribution in [3.8, 4) is 22.4 Å². The summed E-state index contributed by atoms with van der Waals surface area (Å²) in [6, 6.07) is 31.8. The normalized spacial score (nSPS) is 12.3. The first kappa shape index (κ1) is 37.7. The third-order valence-electron chi connectivity index (χ3n) is 8.70. The minimum Gasteiger partial charge on any atom is -0.481 e. The Labute approximate surface area is 302 Å². The van der Waals surface area contributed by atoms with E-state index in [0.29, 0.717) is 33.8 Å². The standard InChI is InChI=1S/C42H43FN2O7/c1-27(2)40-39(42(51)44-33-19-13-29(14-20-33)26-52-37(50)23-28-9-5-3-6-10-28)38(30-11-7-4-8-12-30)41(31-15-17-32(43)18-16-31)45(40)22-21-34(46)24-35(47)25-36(48)49/h3-20,27,34-35,46-47H,21-26H2,1-2H3,(H,44,51)(H,48,49)/t34-,35-/m1/s1. The van der Waals surface area contributed by atoms with Gasteiger partial charge in [-0.3, -0.25) is 14.4 Å². The molecule has 1 aromatic heterocycles. The number of halogens is 1. The van der Waals surface area contributed by atoms with Gasteiger partial charge in [0.15, 0.2) is 0 Å². The van der Waals surface area contributed by atoms with Crippen LogP contribution in [0.25, 0.3) is 22.4 Å². The highest BCUT2D eigenvalue weighted by atomic mass is 19.1. The van der Waals surface area contributed by atoms with Crippen LogP contribution in [-0.4, -0.2) is 49.9 Å². The molecule has 0 aliphatic rings. The number of aliphatic hydroxyl groups excluding tert-OH is 2. The summed E-state index contributed by atoms with van der Waals surface area (Å²) in [5.74, 6) is -2.47. The summed E-state index contributed by atoms with van der Waals surface area (Å²) in [5, 5.41) is 33.1. The van der Waals surface area contributed by atoms with Crippen LogP contribution in [0.3, 0.4) is 0 Å². The van der Waals surface area contributed by atoms with Gasteiger partial charge in [-0.05, 0) is 77.4 Å². The lowest BCUT2D eigenvalue weighted by Crippen LogP contribution is -2.22. The van der Waals surface area contributed by atoms with Gasteiger partial charge in [-0.2, -0.15) is 0 Å². The Bertz CT molecular complexity index is 1960. The van der Waals surface area contributed by atoms with Crippen molar-refractivity contribution in [2.75, 3.05) is 5.32 Å². The number of aliphatic carboxylic acids is 1. The molecule has 0 aliphatic heterocycles. The molecule has 9 nitrogen and oxygen atoms in total. The number of hydrogen-bond acceptors (Lipinski definition) is 6. The van der Waals surface area contributed by atoms with Crippen LogP contribution >= 0.6 is 0 Å². The van der Waals surface area contributed by atoms with Gasteiger partial charge in [-0.15, -0.1) is 0 Å². The highest BCUT2D eigenvalue weighted by molar-refractivity contribution is 6.12. The molecule has 52 heavy (non-hydrogen) atoms. The lowest BCUT2D eigenvalue weighted by molar-refractivity contribution is -0.144. The van der Waals surface area contributed by atoms with Gasteiger partial charge in [-0.25, -0.2) is 4.39 Å². The Balaban J connectivity index is 1.48. The second-order valence-corrected chi connectivity index (χ2v) is 13.1. The number of ether oxygens (including phenoxy) is 1. The Morgan fingerprint density at radius 2 is 1.42 bits per heavy atom. The van der Waals surface area contributed by atoms with Crippen molar-refractivity contribution in [1.82, 2.24) is 4.57 Å². The molecule has 0 spiro atoms. The van der Waals surface area contributed by atoms with E-state index in [0.717, 1.165) is 16.7 Å². The summed E-state index contributed by atoms with van der Waals surface area (Å²) >= 11 is 0. The number of carboxylic acids is 1. The Kier molecular flexibility index (Phi) is 12.7. The zero-order chi connectivity index (χ0) is 37.2. The summed E-state index contributed by atoms with van der Waals surface area (Å²) in [5.41, 5.74) is 5.97. The number of rotatable bonds is 16. The van der Waals surface area contributed by atoms with Crippen molar-refractivity contribution in [3.63, 3.8) is 0 Å². The first-order valence-electron chi connectivity index (χ1n) is 17.3. The molecule has 0 saturated heterocycles. The average molecular weight is 707 g/mol. The van der Waals surface area contributed by atoms with Crippen LogP contribution in [0.5, 0.6) is 0 Å². The Morgan fingerprint density at radius 1 is 0.788 bits per heavy atom. The number of amides is 1. The molecule has 5 aromatic rings. The fraction of sp³-hybridized carbons (Fsp3) is 0.262. The number of aliphatic hydroxyl groups is 2. The number of aromatic nitrogens is 1. The van der Waals surface area contributed by atoms with E-state index >= 15 is 0 Å². The Hall–Kier alpha value is -5.58. The molecule has 270 valence electrons. The van der Waals surface area contributed by atoms with Crippen LogP contribution in [0.15, 0.2) is 109 Å². The highest BCUT2D eigenvalue weighted by Gasteiger charge is 2.31. The maximum absolute atomic E-state index is 14.5. The van der Waals surface area contributed by atoms with E-state index in [1.54, 1.807) is 36.4 Å². The third-order valence-corrected chi connectivity index (χ3v) is 8.70. The molecule has 5 rings (SSSR count). The molecule has 0 unspecified atom stereocenters. The first-order valence-corrected chi connectivity index (χ1v) is 17.3. The van der Waals surface area contributed by atoms with Crippen molar-refractivity contribution >= 4 is 23.5 Å².